The number of rotatable bonds is 6. The standard InChI is InChI=1S/C26H44N2.2C2H6/c1-3-22(19-21-9-5-4-6-10-21)23-16-13-20(14-17-23)15-18-26-27-24-11-7-8-12-25(24)28(26)2;2*1-2/h20-21,23-27H,1,4-19H2,2H3;2*1-2H3/t20?,23?,24-,25+,26-;;/m0../s1. The lowest BCUT2D eigenvalue weighted by atomic mass is 9.74. The van der Waals surface area contributed by atoms with Gasteiger partial charge in [0.25, 0.3) is 0 Å². The highest BCUT2D eigenvalue weighted by Gasteiger charge is 2.39. The zero-order chi connectivity index (χ0) is 23.3. The van der Waals surface area contributed by atoms with Gasteiger partial charge in [0.2, 0.25) is 0 Å². The van der Waals surface area contributed by atoms with Gasteiger partial charge in [-0.25, -0.2) is 0 Å². The lowest BCUT2D eigenvalue weighted by molar-refractivity contribution is 0.182. The quantitative estimate of drug-likeness (QED) is 0.413. The summed E-state index contributed by atoms with van der Waals surface area (Å²) in [6.45, 7) is 12.1. The molecule has 4 aliphatic rings. The van der Waals surface area contributed by atoms with E-state index in [1.54, 1.807) is 5.57 Å². The van der Waals surface area contributed by atoms with Crippen molar-refractivity contribution < 1.29 is 0 Å². The van der Waals surface area contributed by atoms with E-state index in [4.69, 9.17) is 0 Å². The van der Waals surface area contributed by atoms with Gasteiger partial charge in [-0.3, -0.25) is 10.2 Å². The monoisotopic (exact) mass is 444 g/mol. The molecule has 0 radical (unpaired) electrons. The molecule has 0 amide bonds. The van der Waals surface area contributed by atoms with Crippen LogP contribution >= 0.6 is 0 Å². The Hall–Kier alpha value is -0.560. The van der Waals surface area contributed by atoms with Crippen LogP contribution in [0.4, 0.5) is 0 Å². The molecule has 3 saturated carbocycles. The molecule has 2 heteroatoms. The largest absolute Gasteiger partial charge is 0.297 e. The van der Waals surface area contributed by atoms with E-state index in [9.17, 15) is 0 Å². The summed E-state index contributed by atoms with van der Waals surface area (Å²) in [4.78, 5) is 2.68. The maximum atomic E-state index is 4.08. The normalized spacial score (nSPS) is 33.1. The summed E-state index contributed by atoms with van der Waals surface area (Å²) in [6, 6.07) is 1.59. The van der Waals surface area contributed by atoms with Crippen LogP contribution in [0.1, 0.15) is 130 Å². The number of allylic oxidation sites excluding steroid dienone is 1. The first-order valence-corrected chi connectivity index (χ1v) is 14.6. The minimum absolute atomic E-state index is 0.640. The van der Waals surface area contributed by atoms with Gasteiger partial charge in [0.05, 0.1) is 6.17 Å². The molecule has 0 aromatic rings. The van der Waals surface area contributed by atoms with E-state index in [1.165, 1.54) is 103 Å². The van der Waals surface area contributed by atoms with Crippen LogP contribution in [-0.4, -0.2) is 30.2 Å². The number of fused-ring (bicyclic) bond motifs is 1. The molecule has 0 aromatic carbocycles. The molecule has 1 aliphatic heterocycles. The molecule has 3 atom stereocenters. The van der Waals surface area contributed by atoms with Gasteiger partial charge in [0.1, 0.15) is 0 Å². The average Bonchev–Trinajstić information content (AvgIpc) is 3.20. The predicted octanol–water partition coefficient (Wildman–Crippen LogP) is 8.48. The molecule has 4 rings (SSSR count). The molecule has 3 aliphatic carbocycles. The molecule has 0 unspecified atom stereocenters. The van der Waals surface area contributed by atoms with E-state index in [0.29, 0.717) is 6.17 Å². The van der Waals surface area contributed by atoms with Crippen LogP contribution in [0, 0.1) is 17.8 Å². The SMILES string of the molecule is C=C=C(CC1CCCCC1)C1CCC(CC[C@H]2N[C@H]3CCCC[C@H]3N2C)CC1.CC.CC. The smallest absolute Gasteiger partial charge is 0.0600 e. The highest BCUT2D eigenvalue weighted by atomic mass is 15.4. The second-order valence-corrected chi connectivity index (χ2v) is 10.5. The summed E-state index contributed by atoms with van der Waals surface area (Å²) in [5.41, 5.74) is 4.98. The Balaban J connectivity index is 0.000000860. The van der Waals surface area contributed by atoms with Crippen molar-refractivity contribution in [3.8, 4) is 0 Å². The Morgan fingerprint density at radius 1 is 0.781 bits per heavy atom. The molecule has 2 nitrogen and oxygen atoms in total. The van der Waals surface area contributed by atoms with E-state index in [1.807, 2.05) is 27.7 Å². The molecule has 4 fully saturated rings. The second-order valence-electron chi connectivity index (χ2n) is 10.5. The van der Waals surface area contributed by atoms with Crippen molar-refractivity contribution in [2.24, 2.45) is 17.8 Å². The fraction of sp³-hybridized carbons (Fsp3) is 0.900. The third kappa shape index (κ3) is 7.75. The molecule has 186 valence electrons. The fourth-order valence-corrected chi connectivity index (χ4v) is 6.95. The summed E-state index contributed by atoms with van der Waals surface area (Å²) >= 11 is 0. The molecule has 0 bridgehead atoms. The van der Waals surface area contributed by atoms with Crippen molar-refractivity contribution in [2.45, 2.75) is 149 Å². The van der Waals surface area contributed by atoms with Gasteiger partial charge in [-0.05, 0) is 88.2 Å². The Morgan fingerprint density at radius 2 is 1.41 bits per heavy atom. The molecule has 1 saturated heterocycles. The highest BCUT2D eigenvalue weighted by Crippen LogP contribution is 2.40. The minimum atomic E-state index is 0.640. The van der Waals surface area contributed by atoms with Gasteiger partial charge in [0, 0.05) is 12.1 Å². The summed E-state index contributed by atoms with van der Waals surface area (Å²) in [5.74, 6) is 2.68. The summed E-state index contributed by atoms with van der Waals surface area (Å²) < 4.78 is 0. The second kappa shape index (κ2) is 15.4. The van der Waals surface area contributed by atoms with Crippen LogP contribution in [0.5, 0.6) is 0 Å². The zero-order valence-corrected chi connectivity index (χ0v) is 22.4. The molecule has 0 aromatic heterocycles. The first kappa shape index (κ1) is 27.7. The Morgan fingerprint density at radius 3 is 2.03 bits per heavy atom. The maximum Gasteiger partial charge on any atom is 0.0600 e. The van der Waals surface area contributed by atoms with Gasteiger partial charge in [-0.2, -0.15) is 0 Å². The lowest BCUT2D eigenvalue weighted by Gasteiger charge is -2.33. The van der Waals surface area contributed by atoms with Crippen LogP contribution in [0.25, 0.3) is 0 Å². The third-order valence-electron chi connectivity index (χ3n) is 8.80. The first-order chi connectivity index (χ1) is 15.7. The molecule has 1 N–H and O–H groups in total. The Kier molecular flexibility index (Phi) is 13.3. The predicted molar refractivity (Wildman–Crippen MR) is 142 cm³/mol. The van der Waals surface area contributed by atoms with Crippen molar-refractivity contribution in [1.29, 1.82) is 0 Å². The molecule has 0 spiro atoms. The Bertz CT molecular complexity index is 535. The molecule has 32 heavy (non-hydrogen) atoms. The number of hydrogen-bond donors (Lipinski definition) is 1. The van der Waals surface area contributed by atoms with Crippen LogP contribution in [0.15, 0.2) is 17.9 Å². The van der Waals surface area contributed by atoms with Gasteiger partial charge in [-0.1, -0.05) is 79.2 Å². The third-order valence-corrected chi connectivity index (χ3v) is 8.80. The number of hydrogen-bond acceptors (Lipinski definition) is 2. The van der Waals surface area contributed by atoms with Crippen LogP contribution in [0.3, 0.4) is 0 Å². The number of nitrogens with one attached hydrogen (secondary N) is 1. The summed E-state index contributed by atoms with van der Waals surface area (Å²) in [6.07, 6.45) is 23.3. The van der Waals surface area contributed by atoms with Crippen molar-refractivity contribution in [3.05, 3.63) is 17.9 Å². The molecule has 1 heterocycles. The van der Waals surface area contributed by atoms with Gasteiger partial charge < -0.3 is 0 Å². The van der Waals surface area contributed by atoms with E-state index in [-0.39, 0.29) is 0 Å². The van der Waals surface area contributed by atoms with Gasteiger partial charge in [0.15, 0.2) is 0 Å². The van der Waals surface area contributed by atoms with Crippen molar-refractivity contribution >= 4 is 0 Å². The molecular weight excluding hydrogens is 388 g/mol. The summed E-state index contributed by atoms with van der Waals surface area (Å²) in [7, 11) is 2.37. The van der Waals surface area contributed by atoms with Crippen molar-refractivity contribution in [3.63, 3.8) is 0 Å². The number of nitrogens with zero attached hydrogens (tertiary/aromatic N) is 1. The van der Waals surface area contributed by atoms with Crippen molar-refractivity contribution in [1.82, 2.24) is 10.2 Å². The molecular formula is C30H56N2. The van der Waals surface area contributed by atoms with E-state index >= 15 is 0 Å². The van der Waals surface area contributed by atoms with E-state index in [0.717, 1.165) is 29.8 Å². The topological polar surface area (TPSA) is 15.3 Å². The minimum Gasteiger partial charge on any atom is -0.297 e. The van der Waals surface area contributed by atoms with E-state index < -0.39 is 0 Å². The first-order valence-electron chi connectivity index (χ1n) is 14.6. The zero-order valence-electron chi connectivity index (χ0n) is 22.4. The Labute approximate surface area is 201 Å². The maximum absolute atomic E-state index is 4.08. The van der Waals surface area contributed by atoms with Crippen molar-refractivity contribution in [2.75, 3.05) is 7.05 Å². The lowest BCUT2D eigenvalue weighted by Crippen LogP contribution is -2.37. The summed E-state index contributed by atoms with van der Waals surface area (Å²) in [5, 5.41) is 3.97. The van der Waals surface area contributed by atoms with Gasteiger partial charge in [-0.15, -0.1) is 5.73 Å². The average molecular weight is 445 g/mol. The number of likely N-dealkylation sites (N-methyl/N-ethyl adjacent to an activating group) is 1. The van der Waals surface area contributed by atoms with Crippen LogP contribution in [0.2, 0.25) is 0 Å². The highest BCUT2D eigenvalue weighted by molar-refractivity contribution is 5.07. The van der Waals surface area contributed by atoms with E-state index in [2.05, 4.69) is 29.6 Å². The van der Waals surface area contributed by atoms with Crippen LogP contribution in [-0.2, 0) is 0 Å². The van der Waals surface area contributed by atoms with Crippen LogP contribution < -0.4 is 5.32 Å². The van der Waals surface area contributed by atoms with Gasteiger partial charge >= 0.3 is 0 Å². The fourth-order valence-electron chi connectivity index (χ4n) is 6.95.